The number of ether oxygens (including phenoxy) is 2. The van der Waals surface area contributed by atoms with Crippen LogP contribution in [0.25, 0.3) is 10.9 Å². The molecule has 1 amide bonds. The second-order valence-corrected chi connectivity index (χ2v) is 6.51. The highest BCUT2D eigenvalue weighted by Crippen LogP contribution is 2.36. The summed E-state index contributed by atoms with van der Waals surface area (Å²) >= 11 is 0. The maximum absolute atomic E-state index is 9.95. The molecular weight excluding hydrogens is 382 g/mol. The molecule has 30 heavy (non-hydrogen) atoms. The lowest BCUT2D eigenvalue weighted by atomic mass is 10.2. The monoisotopic (exact) mass is 411 g/mol. The normalized spacial score (nSPS) is 9.97. The van der Waals surface area contributed by atoms with Gasteiger partial charge in [-0.2, -0.15) is 0 Å². The van der Waals surface area contributed by atoms with Crippen molar-refractivity contribution in [2.24, 2.45) is 0 Å². The van der Waals surface area contributed by atoms with E-state index in [1.54, 1.807) is 24.4 Å². The second kappa shape index (κ2) is 12.2. The number of hydrogen-bond donors (Lipinski definition) is 3. The highest BCUT2D eigenvalue weighted by molar-refractivity contribution is 5.88. The second-order valence-electron chi connectivity index (χ2n) is 6.51. The lowest BCUT2D eigenvalue weighted by Gasteiger charge is -2.11. The average molecular weight is 412 g/mol. The van der Waals surface area contributed by atoms with E-state index >= 15 is 0 Å². The third-order valence-corrected chi connectivity index (χ3v) is 4.38. The average Bonchev–Trinajstić information content (AvgIpc) is 2.78. The van der Waals surface area contributed by atoms with Crippen molar-refractivity contribution >= 4 is 23.0 Å². The number of benzene rings is 2. The molecule has 0 saturated carbocycles. The van der Waals surface area contributed by atoms with E-state index in [0.29, 0.717) is 22.8 Å². The summed E-state index contributed by atoms with van der Waals surface area (Å²) in [5.41, 5.74) is 1.70. The number of nitrogens with one attached hydrogen (secondary N) is 2. The van der Waals surface area contributed by atoms with Crippen LogP contribution in [0.4, 0.5) is 5.69 Å². The first-order valence-corrected chi connectivity index (χ1v) is 9.91. The van der Waals surface area contributed by atoms with Crippen LogP contribution in [0.15, 0.2) is 48.7 Å². The van der Waals surface area contributed by atoms with Gasteiger partial charge in [-0.05, 0) is 42.8 Å². The number of carbonyl (C=O) groups is 1. The first-order chi connectivity index (χ1) is 14.6. The maximum Gasteiger partial charge on any atom is 0.207 e. The predicted molar refractivity (Wildman–Crippen MR) is 120 cm³/mol. The number of carbonyl (C=O) groups excluding carboxylic acids is 1. The molecule has 1 aromatic heterocycles. The van der Waals surface area contributed by atoms with Crippen LogP contribution in [0.3, 0.4) is 0 Å². The van der Waals surface area contributed by atoms with Crippen LogP contribution in [-0.2, 0) is 4.79 Å². The minimum Gasteiger partial charge on any atom is -0.504 e. The summed E-state index contributed by atoms with van der Waals surface area (Å²) in [6.07, 6.45) is 5.93. The number of phenols is 1. The number of unbranched alkanes of at least 4 members (excludes halogenated alkanes) is 2. The summed E-state index contributed by atoms with van der Waals surface area (Å²) in [5, 5.41) is 16.3. The molecule has 0 spiro atoms. The number of rotatable bonds is 9. The Morgan fingerprint density at radius 1 is 1.10 bits per heavy atom. The molecule has 3 rings (SSSR count). The van der Waals surface area contributed by atoms with Gasteiger partial charge in [-0.3, -0.25) is 9.78 Å². The van der Waals surface area contributed by atoms with Crippen molar-refractivity contribution in [2.75, 3.05) is 26.0 Å². The number of anilines is 1. The molecular formula is C23H29N3O4. The zero-order chi connectivity index (χ0) is 21.8. The van der Waals surface area contributed by atoms with Crippen molar-refractivity contribution in [3.8, 4) is 23.0 Å². The minimum absolute atomic E-state index is 0.0541. The molecule has 1 heterocycles. The van der Waals surface area contributed by atoms with Crippen molar-refractivity contribution in [3.63, 3.8) is 0 Å². The number of pyridine rings is 1. The molecule has 0 radical (unpaired) electrons. The van der Waals surface area contributed by atoms with Gasteiger partial charge in [0.15, 0.2) is 11.5 Å². The van der Waals surface area contributed by atoms with Crippen LogP contribution in [0, 0.1) is 0 Å². The molecule has 0 atom stereocenters. The van der Waals surface area contributed by atoms with E-state index in [4.69, 9.17) is 9.47 Å². The Bertz CT molecular complexity index is 930. The molecule has 0 fully saturated rings. The Kier molecular flexibility index (Phi) is 9.24. The zero-order valence-corrected chi connectivity index (χ0v) is 17.6. The molecule has 0 aliphatic carbocycles. The van der Waals surface area contributed by atoms with Gasteiger partial charge >= 0.3 is 0 Å². The van der Waals surface area contributed by atoms with Gasteiger partial charge in [0, 0.05) is 36.9 Å². The van der Waals surface area contributed by atoms with E-state index in [2.05, 4.69) is 22.5 Å². The lowest BCUT2D eigenvalue weighted by molar-refractivity contribution is -0.109. The van der Waals surface area contributed by atoms with Gasteiger partial charge in [-0.15, -0.1) is 0 Å². The topological polar surface area (TPSA) is 92.7 Å². The van der Waals surface area contributed by atoms with Crippen LogP contribution < -0.4 is 20.1 Å². The zero-order valence-electron chi connectivity index (χ0n) is 17.6. The van der Waals surface area contributed by atoms with Crippen LogP contribution in [0.5, 0.6) is 23.0 Å². The largest absolute Gasteiger partial charge is 0.504 e. The molecule has 0 bridgehead atoms. The molecule has 3 aromatic rings. The maximum atomic E-state index is 9.95. The summed E-state index contributed by atoms with van der Waals surface area (Å²) in [6, 6.07) is 12.7. The van der Waals surface area contributed by atoms with Crippen LogP contribution in [-0.4, -0.2) is 37.2 Å². The lowest BCUT2D eigenvalue weighted by Crippen LogP contribution is -2.11. The van der Waals surface area contributed by atoms with E-state index in [1.165, 1.54) is 20.0 Å². The highest BCUT2D eigenvalue weighted by atomic mass is 16.5. The molecule has 2 aromatic carbocycles. The van der Waals surface area contributed by atoms with Gasteiger partial charge in [-0.25, -0.2) is 0 Å². The van der Waals surface area contributed by atoms with E-state index in [0.717, 1.165) is 30.4 Å². The van der Waals surface area contributed by atoms with Gasteiger partial charge in [0.2, 0.25) is 6.41 Å². The summed E-state index contributed by atoms with van der Waals surface area (Å²) in [5.74, 6) is 1.77. The smallest absolute Gasteiger partial charge is 0.207 e. The van der Waals surface area contributed by atoms with Gasteiger partial charge in [0.05, 0.1) is 12.6 Å². The number of methoxy groups -OCH3 is 1. The predicted octanol–water partition coefficient (Wildman–Crippen LogP) is 4.71. The molecule has 160 valence electrons. The van der Waals surface area contributed by atoms with Crippen molar-refractivity contribution in [1.29, 1.82) is 0 Å². The van der Waals surface area contributed by atoms with Crippen LogP contribution in [0.2, 0.25) is 0 Å². The highest BCUT2D eigenvalue weighted by Gasteiger charge is 2.10. The van der Waals surface area contributed by atoms with Crippen molar-refractivity contribution in [2.45, 2.75) is 26.2 Å². The third kappa shape index (κ3) is 6.55. The number of hydrogen-bond acceptors (Lipinski definition) is 6. The Balaban J connectivity index is 0.000000343. The quantitative estimate of drug-likeness (QED) is 0.349. The molecule has 0 unspecified atom stereocenters. The van der Waals surface area contributed by atoms with Gasteiger partial charge in [0.25, 0.3) is 0 Å². The van der Waals surface area contributed by atoms with Gasteiger partial charge < -0.3 is 25.2 Å². The van der Waals surface area contributed by atoms with Crippen molar-refractivity contribution in [3.05, 3.63) is 48.7 Å². The third-order valence-electron chi connectivity index (χ3n) is 4.38. The first kappa shape index (κ1) is 22.8. The van der Waals surface area contributed by atoms with Crippen molar-refractivity contribution < 1.29 is 19.4 Å². The number of amides is 1. The molecule has 0 aliphatic rings. The molecule has 3 N–H and O–H groups in total. The fourth-order valence-electron chi connectivity index (χ4n) is 2.74. The first-order valence-electron chi connectivity index (χ1n) is 9.91. The molecule has 7 heteroatoms. The summed E-state index contributed by atoms with van der Waals surface area (Å²) < 4.78 is 11.0. The fourth-order valence-corrected chi connectivity index (χ4v) is 2.74. The summed E-state index contributed by atoms with van der Waals surface area (Å²) in [6.45, 7) is 2.97. The molecule has 7 nitrogen and oxygen atoms in total. The fraction of sp³-hybridized carbons (Fsp3) is 0.304. The Morgan fingerprint density at radius 2 is 1.87 bits per heavy atom. The van der Waals surface area contributed by atoms with E-state index < -0.39 is 0 Å². The minimum atomic E-state index is 0.0541. The summed E-state index contributed by atoms with van der Waals surface area (Å²) in [7, 11) is 3.37. The SMILES string of the molecule is CCCCCNC=O.CNc1ccc(Oc2ccnc3cc(OC)c(O)cc23)cc1. The van der Waals surface area contributed by atoms with E-state index in [1.807, 2.05) is 31.3 Å². The van der Waals surface area contributed by atoms with Crippen LogP contribution >= 0.6 is 0 Å². The number of aromatic nitrogens is 1. The number of fused-ring (bicyclic) bond motifs is 1. The Morgan fingerprint density at radius 3 is 2.50 bits per heavy atom. The van der Waals surface area contributed by atoms with E-state index in [9.17, 15) is 9.90 Å². The molecule has 0 aliphatic heterocycles. The standard InChI is InChI=1S/C17H16N2O3.C6H13NO/c1-18-11-3-5-12(6-4-11)22-16-7-8-19-14-10-17(21-2)15(20)9-13(14)16;1-2-3-4-5-7-6-8/h3-10,18,20H,1-2H3;6H,2-5H2,1H3,(H,7,8). The van der Waals surface area contributed by atoms with Gasteiger partial charge in [-0.1, -0.05) is 19.8 Å². The van der Waals surface area contributed by atoms with Crippen molar-refractivity contribution in [1.82, 2.24) is 10.3 Å². The number of nitrogens with zero attached hydrogens (tertiary/aromatic N) is 1. The van der Waals surface area contributed by atoms with Crippen LogP contribution in [0.1, 0.15) is 26.2 Å². The Hall–Kier alpha value is -3.48. The van der Waals surface area contributed by atoms with Gasteiger partial charge in [0.1, 0.15) is 11.5 Å². The molecule has 0 saturated heterocycles. The van der Waals surface area contributed by atoms with E-state index in [-0.39, 0.29) is 5.75 Å². The summed E-state index contributed by atoms with van der Waals surface area (Å²) in [4.78, 5) is 13.9. The number of aromatic hydroxyl groups is 1. The number of phenolic OH excluding ortho intramolecular Hbond substituents is 1. The Labute approximate surface area is 177 Å².